The van der Waals surface area contributed by atoms with Crippen LogP contribution in [0, 0.1) is 5.41 Å². The van der Waals surface area contributed by atoms with Crippen molar-refractivity contribution >= 4 is 22.9 Å². The summed E-state index contributed by atoms with van der Waals surface area (Å²) in [5, 5.41) is 14.6. The van der Waals surface area contributed by atoms with Crippen molar-refractivity contribution in [3.63, 3.8) is 0 Å². The van der Waals surface area contributed by atoms with E-state index in [1.54, 1.807) is 13.8 Å². The van der Waals surface area contributed by atoms with Crippen molar-refractivity contribution in [2.45, 2.75) is 46.1 Å². The van der Waals surface area contributed by atoms with Gasteiger partial charge in [0.25, 0.3) is 5.91 Å². The molecule has 2 heterocycles. The quantitative estimate of drug-likeness (QED) is 0.867. The van der Waals surface area contributed by atoms with E-state index in [1.807, 2.05) is 5.38 Å². The van der Waals surface area contributed by atoms with Crippen molar-refractivity contribution < 1.29 is 9.90 Å². The number of amides is 1. The summed E-state index contributed by atoms with van der Waals surface area (Å²) in [7, 11) is 0. The Morgan fingerprint density at radius 1 is 1.48 bits per heavy atom. The van der Waals surface area contributed by atoms with E-state index in [0.717, 1.165) is 37.3 Å². The van der Waals surface area contributed by atoms with Crippen molar-refractivity contribution in [2.75, 3.05) is 19.6 Å². The Hall–Kier alpha value is -1.40. The second-order valence-electron chi connectivity index (χ2n) is 7.63. The molecule has 0 bridgehead atoms. The van der Waals surface area contributed by atoms with E-state index < -0.39 is 5.60 Å². The van der Waals surface area contributed by atoms with Gasteiger partial charge in [-0.2, -0.15) is 0 Å². The van der Waals surface area contributed by atoms with E-state index >= 15 is 0 Å². The molecule has 0 aliphatic carbocycles. The smallest absolute Gasteiger partial charge is 0.280 e. The first kappa shape index (κ1) is 17.9. The second-order valence-corrected chi connectivity index (χ2v) is 8.49. The predicted molar refractivity (Wildman–Crippen MR) is 94.4 cm³/mol. The van der Waals surface area contributed by atoms with Gasteiger partial charge in [0.15, 0.2) is 5.01 Å². The molecule has 0 aromatic carbocycles. The Morgan fingerprint density at radius 3 is 2.65 bits per heavy atom. The summed E-state index contributed by atoms with van der Waals surface area (Å²) in [5.74, 6) is -0.254. The number of nitrogens with zero attached hydrogens (tertiary/aromatic N) is 2. The van der Waals surface area contributed by atoms with Crippen LogP contribution in [0.4, 0.5) is 0 Å². The average Bonchev–Trinajstić information content (AvgIpc) is 2.93. The van der Waals surface area contributed by atoms with E-state index in [1.165, 1.54) is 11.3 Å². The number of aromatic nitrogens is 1. The molecule has 23 heavy (non-hydrogen) atoms. The monoisotopic (exact) mass is 337 g/mol. The number of aliphatic hydroxyl groups is 1. The maximum Gasteiger partial charge on any atom is 0.280 e. The maximum atomic E-state index is 12.1. The van der Waals surface area contributed by atoms with Gasteiger partial charge in [0.05, 0.1) is 17.0 Å². The molecule has 6 heteroatoms. The number of carbonyl (C=O) groups excluding carboxylic acids is 1. The average molecular weight is 337 g/mol. The van der Waals surface area contributed by atoms with Gasteiger partial charge in [-0.25, -0.2) is 4.98 Å². The highest BCUT2D eigenvalue weighted by Crippen LogP contribution is 2.33. The summed E-state index contributed by atoms with van der Waals surface area (Å²) < 4.78 is 0. The number of nitrogens with one attached hydrogen (secondary N) is 1. The SMILES string of the molecule is C=C(c1csc(C(=O)NCC(C)(C)O)n1)N1CCC(C)(C)CC1. The topological polar surface area (TPSA) is 65.5 Å². The fourth-order valence-corrected chi connectivity index (χ4v) is 3.17. The van der Waals surface area contributed by atoms with Crippen LogP contribution in [0.25, 0.3) is 5.70 Å². The molecule has 1 aliphatic heterocycles. The van der Waals surface area contributed by atoms with E-state index in [9.17, 15) is 9.90 Å². The molecule has 0 radical (unpaired) electrons. The molecule has 1 aliphatic rings. The van der Waals surface area contributed by atoms with Crippen LogP contribution in [0.2, 0.25) is 0 Å². The molecule has 128 valence electrons. The van der Waals surface area contributed by atoms with Crippen molar-refractivity contribution in [3.05, 3.63) is 22.7 Å². The highest BCUT2D eigenvalue weighted by atomic mass is 32.1. The fourth-order valence-electron chi connectivity index (χ4n) is 2.43. The maximum absolute atomic E-state index is 12.1. The standard InChI is InChI=1S/C17H27N3O2S/c1-12(20-8-6-16(2,3)7-9-20)13-10-23-15(19-13)14(21)18-11-17(4,5)22/h10,22H,1,6-9,11H2,2-5H3,(H,18,21). The molecule has 0 unspecified atom stereocenters. The van der Waals surface area contributed by atoms with Crippen molar-refractivity contribution in [1.82, 2.24) is 15.2 Å². The lowest BCUT2D eigenvalue weighted by molar-refractivity contribution is 0.0694. The molecule has 2 rings (SSSR count). The molecule has 1 fully saturated rings. The van der Waals surface area contributed by atoms with E-state index in [-0.39, 0.29) is 12.5 Å². The first-order valence-corrected chi connectivity index (χ1v) is 8.86. The van der Waals surface area contributed by atoms with Crippen LogP contribution in [0.1, 0.15) is 56.0 Å². The number of carbonyl (C=O) groups is 1. The minimum atomic E-state index is -0.931. The van der Waals surface area contributed by atoms with Crippen LogP contribution in [0.15, 0.2) is 12.0 Å². The molecule has 0 saturated carbocycles. The lowest BCUT2D eigenvalue weighted by Crippen LogP contribution is -2.38. The number of hydrogen-bond acceptors (Lipinski definition) is 5. The van der Waals surface area contributed by atoms with Crippen molar-refractivity contribution in [3.8, 4) is 0 Å². The van der Waals surface area contributed by atoms with Gasteiger partial charge in [-0.3, -0.25) is 4.79 Å². The summed E-state index contributed by atoms with van der Waals surface area (Å²) in [6.45, 7) is 14.2. The molecule has 1 aromatic rings. The molecule has 1 amide bonds. The third-order valence-electron chi connectivity index (χ3n) is 4.17. The summed E-state index contributed by atoms with van der Waals surface area (Å²) in [6, 6.07) is 0. The number of hydrogen-bond donors (Lipinski definition) is 2. The predicted octanol–water partition coefficient (Wildman–Crippen LogP) is 2.74. The Bertz CT molecular complexity index is 577. The Labute approximate surface area is 142 Å². The highest BCUT2D eigenvalue weighted by molar-refractivity contribution is 7.11. The lowest BCUT2D eigenvalue weighted by Gasteiger charge is -2.38. The van der Waals surface area contributed by atoms with Crippen molar-refractivity contribution in [2.24, 2.45) is 5.41 Å². The first-order valence-electron chi connectivity index (χ1n) is 7.98. The highest BCUT2D eigenvalue weighted by Gasteiger charge is 2.27. The van der Waals surface area contributed by atoms with Gasteiger partial charge < -0.3 is 15.3 Å². The fraction of sp³-hybridized carbons (Fsp3) is 0.647. The normalized spacial score (nSPS) is 17.9. The van der Waals surface area contributed by atoms with E-state index in [4.69, 9.17) is 0 Å². The molecular formula is C17H27N3O2S. The molecule has 0 atom stereocenters. The second kappa shape index (κ2) is 6.61. The third kappa shape index (κ3) is 5.04. The summed E-state index contributed by atoms with van der Waals surface area (Å²) >= 11 is 1.31. The zero-order valence-electron chi connectivity index (χ0n) is 14.5. The van der Waals surface area contributed by atoms with Gasteiger partial charge >= 0.3 is 0 Å². The Morgan fingerprint density at radius 2 is 2.09 bits per heavy atom. The van der Waals surface area contributed by atoms with Gasteiger partial charge in [0.1, 0.15) is 0 Å². The van der Waals surface area contributed by atoms with Crippen LogP contribution in [-0.2, 0) is 0 Å². The van der Waals surface area contributed by atoms with E-state index in [0.29, 0.717) is 10.4 Å². The van der Waals surface area contributed by atoms with Crippen molar-refractivity contribution in [1.29, 1.82) is 0 Å². The van der Waals surface area contributed by atoms with Gasteiger partial charge in [-0.1, -0.05) is 20.4 Å². The van der Waals surface area contributed by atoms with Gasteiger partial charge in [-0.15, -0.1) is 11.3 Å². The molecule has 2 N–H and O–H groups in total. The third-order valence-corrected chi connectivity index (χ3v) is 5.02. The van der Waals surface area contributed by atoms with Crippen LogP contribution in [-0.4, -0.2) is 46.1 Å². The van der Waals surface area contributed by atoms with Crippen LogP contribution in [0.5, 0.6) is 0 Å². The van der Waals surface area contributed by atoms with Crippen LogP contribution >= 0.6 is 11.3 Å². The molecule has 0 spiro atoms. The van der Waals surface area contributed by atoms with Gasteiger partial charge in [0, 0.05) is 25.0 Å². The van der Waals surface area contributed by atoms with E-state index in [2.05, 4.69) is 35.6 Å². The van der Waals surface area contributed by atoms with Gasteiger partial charge in [-0.05, 0) is 32.1 Å². The first-order chi connectivity index (χ1) is 10.6. The zero-order chi connectivity index (χ0) is 17.3. The largest absolute Gasteiger partial charge is 0.389 e. The molecular weight excluding hydrogens is 310 g/mol. The number of likely N-dealkylation sites (tertiary alicyclic amines) is 1. The number of rotatable bonds is 5. The Kier molecular flexibility index (Phi) is 5.16. The molecule has 1 saturated heterocycles. The van der Waals surface area contributed by atoms with Crippen LogP contribution < -0.4 is 5.32 Å². The number of piperidine rings is 1. The summed E-state index contributed by atoms with van der Waals surface area (Å²) in [6.07, 6.45) is 2.27. The summed E-state index contributed by atoms with van der Waals surface area (Å²) in [5.41, 5.74) is 1.11. The lowest BCUT2D eigenvalue weighted by atomic mass is 9.82. The summed E-state index contributed by atoms with van der Waals surface area (Å²) in [4.78, 5) is 18.7. The molecule has 1 aromatic heterocycles. The zero-order valence-corrected chi connectivity index (χ0v) is 15.3. The minimum absolute atomic E-state index is 0.197. The molecule has 5 nitrogen and oxygen atoms in total. The minimum Gasteiger partial charge on any atom is -0.389 e. The van der Waals surface area contributed by atoms with Crippen LogP contribution in [0.3, 0.4) is 0 Å². The number of thiazole rings is 1. The van der Waals surface area contributed by atoms with Gasteiger partial charge in [0.2, 0.25) is 0 Å². The Balaban J connectivity index is 1.96.